The number of halogens is 3. The minimum Gasteiger partial charge on any atom is -0.368 e. The van der Waals surface area contributed by atoms with Gasteiger partial charge in [0.05, 0.1) is 10.5 Å². The SMILES string of the molecule is Cc1cccc(N2CCN(c3ccc(C(=O)Nc4ccc(C(F)(F)F)cc4)cc3[N+](=O)[O-])CC2)c1C. The Morgan fingerprint density at radius 1 is 0.917 bits per heavy atom. The van der Waals surface area contributed by atoms with Crippen LogP contribution < -0.4 is 15.1 Å². The molecule has 1 aliphatic rings. The molecule has 1 saturated heterocycles. The van der Waals surface area contributed by atoms with Crippen LogP contribution in [0.15, 0.2) is 60.7 Å². The van der Waals surface area contributed by atoms with E-state index in [0.717, 1.165) is 30.0 Å². The number of benzene rings is 3. The Hall–Kier alpha value is -4.08. The predicted octanol–water partition coefficient (Wildman–Crippen LogP) is 5.81. The van der Waals surface area contributed by atoms with Crippen LogP contribution in [0, 0.1) is 24.0 Å². The fraction of sp³-hybridized carbons (Fsp3) is 0.269. The number of hydrogen-bond acceptors (Lipinski definition) is 5. The van der Waals surface area contributed by atoms with Gasteiger partial charge in [-0.15, -0.1) is 0 Å². The van der Waals surface area contributed by atoms with Crippen LogP contribution in [-0.4, -0.2) is 37.0 Å². The second-order valence-electron chi connectivity index (χ2n) is 8.68. The molecule has 0 atom stereocenters. The van der Waals surface area contributed by atoms with Crippen molar-refractivity contribution in [2.75, 3.05) is 41.3 Å². The molecule has 3 aromatic rings. The summed E-state index contributed by atoms with van der Waals surface area (Å²) in [5.41, 5.74) is 3.15. The molecule has 0 spiro atoms. The molecule has 0 bridgehead atoms. The summed E-state index contributed by atoms with van der Waals surface area (Å²) in [4.78, 5) is 28.1. The van der Waals surface area contributed by atoms with E-state index in [0.29, 0.717) is 31.9 Å². The summed E-state index contributed by atoms with van der Waals surface area (Å²) in [6.45, 7) is 6.68. The molecule has 7 nitrogen and oxygen atoms in total. The van der Waals surface area contributed by atoms with E-state index in [1.807, 2.05) is 11.0 Å². The Morgan fingerprint density at radius 2 is 1.53 bits per heavy atom. The molecule has 188 valence electrons. The average Bonchev–Trinajstić information content (AvgIpc) is 2.85. The number of nitro benzene ring substituents is 1. The Labute approximate surface area is 206 Å². The van der Waals surface area contributed by atoms with Crippen LogP contribution in [-0.2, 0) is 6.18 Å². The maximum Gasteiger partial charge on any atom is 0.416 e. The maximum absolute atomic E-state index is 12.7. The van der Waals surface area contributed by atoms with Crippen molar-refractivity contribution in [1.29, 1.82) is 0 Å². The number of nitrogens with zero attached hydrogens (tertiary/aromatic N) is 3. The Bertz CT molecular complexity index is 1280. The van der Waals surface area contributed by atoms with Crippen molar-refractivity contribution in [1.82, 2.24) is 0 Å². The number of hydrogen-bond donors (Lipinski definition) is 1. The van der Waals surface area contributed by atoms with Crippen LogP contribution in [0.2, 0.25) is 0 Å². The van der Waals surface area contributed by atoms with Gasteiger partial charge in [0.15, 0.2) is 0 Å². The average molecular weight is 499 g/mol. The fourth-order valence-corrected chi connectivity index (χ4v) is 4.29. The molecule has 0 aliphatic carbocycles. The van der Waals surface area contributed by atoms with E-state index in [-0.39, 0.29) is 16.9 Å². The van der Waals surface area contributed by atoms with Gasteiger partial charge in [-0.25, -0.2) is 0 Å². The highest BCUT2D eigenvalue weighted by atomic mass is 19.4. The predicted molar refractivity (Wildman–Crippen MR) is 133 cm³/mol. The first-order valence-electron chi connectivity index (χ1n) is 11.4. The molecule has 1 N–H and O–H groups in total. The van der Waals surface area contributed by atoms with Gasteiger partial charge in [0.2, 0.25) is 0 Å². The van der Waals surface area contributed by atoms with Crippen LogP contribution in [0.3, 0.4) is 0 Å². The molecule has 4 rings (SSSR count). The molecule has 36 heavy (non-hydrogen) atoms. The number of aryl methyl sites for hydroxylation is 1. The monoisotopic (exact) mass is 498 g/mol. The van der Waals surface area contributed by atoms with Crippen LogP contribution in [0.4, 0.5) is 35.9 Å². The maximum atomic E-state index is 12.7. The van der Waals surface area contributed by atoms with E-state index in [4.69, 9.17) is 0 Å². The molecule has 3 aromatic carbocycles. The first-order chi connectivity index (χ1) is 17.0. The van der Waals surface area contributed by atoms with Crippen LogP contribution >= 0.6 is 0 Å². The molecule has 1 heterocycles. The number of amides is 1. The van der Waals surface area contributed by atoms with Crippen molar-refractivity contribution < 1.29 is 22.9 Å². The second kappa shape index (κ2) is 9.88. The second-order valence-corrected chi connectivity index (χ2v) is 8.68. The largest absolute Gasteiger partial charge is 0.416 e. The summed E-state index contributed by atoms with van der Waals surface area (Å²) in [6, 6.07) is 14.4. The van der Waals surface area contributed by atoms with E-state index >= 15 is 0 Å². The highest BCUT2D eigenvalue weighted by Crippen LogP contribution is 2.33. The molecular formula is C26H25F3N4O3. The minimum atomic E-state index is -4.48. The molecule has 1 amide bonds. The van der Waals surface area contributed by atoms with Gasteiger partial charge in [-0.05, 0) is 67.4 Å². The molecule has 10 heteroatoms. The van der Waals surface area contributed by atoms with Gasteiger partial charge in [0, 0.05) is 49.2 Å². The van der Waals surface area contributed by atoms with Gasteiger partial charge < -0.3 is 15.1 Å². The third-order valence-corrected chi connectivity index (χ3v) is 6.44. The molecule has 0 unspecified atom stereocenters. The van der Waals surface area contributed by atoms with Crippen molar-refractivity contribution in [2.45, 2.75) is 20.0 Å². The van der Waals surface area contributed by atoms with Crippen molar-refractivity contribution in [2.24, 2.45) is 0 Å². The molecule has 0 saturated carbocycles. The smallest absolute Gasteiger partial charge is 0.368 e. The van der Waals surface area contributed by atoms with E-state index in [1.54, 1.807) is 6.07 Å². The third kappa shape index (κ3) is 5.27. The van der Waals surface area contributed by atoms with E-state index in [9.17, 15) is 28.1 Å². The number of rotatable bonds is 5. The van der Waals surface area contributed by atoms with Crippen LogP contribution in [0.25, 0.3) is 0 Å². The lowest BCUT2D eigenvalue weighted by molar-refractivity contribution is -0.384. The zero-order valence-corrected chi connectivity index (χ0v) is 19.8. The molecule has 0 radical (unpaired) electrons. The summed E-state index contributed by atoms with van der Waals surface area (Å²) in [5, 5.41) is 14.3. The highest BCUT2D eigenvalue weighted by molar-refractivity contribution is 6.05. The molecular weight excluding hydrogens is 473 g/mol. The zero-order chi connectivity index (χ0) is 26.0. The van der Waals surface area contributed by atoms with Crippen molar-refractivity contribution in [3.05, 3.63) is 93.0 Å². The number of nitro groups is 1. The lowest BCUT2D eigenvalue weighted by Crippen LogP contribution is -2.47. The van der Waals surface area contributed by atoms with Crippen molar-refractivity contribution in [3.8, 4) is 0 Å². The van der Waals surface area contributed by atoms with E-state index < -0.39 is 22.6 Å². The normalized spacial score (nSPS) is 14.0. The van der Waals surface area contributed by atoms with Gasteiger partial charge in [-0.2, -0.15) is 13.2 Å². The van der Waals surface area contributed by atoms with Gasteiger partial charge in [-0.1, -0.05) is 12.1 Å². The van der Waals surface area contributed by atoms with Crippen molar-refractivity contribution >= 4 is 28.7 Å². The standard InChI is InChI=1S/C26H25F3N4O3/c1-17-4-3-5-22(18(17)2)31-12-14-32(15-13-31)23-11-6-19(16-24(23)33(35)36)25(34)30-21-9-7-20(8-10-21)26(27,28)29/h3-11,16H,12-15H2,1-2H3,(H,30,34). The summed E-state index contributed by atoms with van der Waals surface area (Å²) < 4.78 is 38.2. The summed E-state index contributed by atoms with van der Waals surface area (Å²) >= 11 is 0. The fourth-order valence-electron chi connectivity index (χ4n) is 4.29. The van der Waals surface area contributed by atoms with Gasteiger partial charge >= 0.3 is 6.18 Å². The summed E-state index contributed by atoms with van der Waals surface area (Å²) in [6.07, 6.45) is -4.48. The zero-order valence-electron chi connectivity index (χ0n) is 19.8. The van der Waals surface area contributed by atoms with E-state index in [2.05, 4.69) is 36.2 Å². The van der Waals surface area contributed by atoms with Crippen LogP contribution in [0.1, 0.15) is 27.0 Å². The number of carbonyl (C=O) groups excluding carboxylic acids is 1. The summed E-state index contributed by atoms with van der Waals surface area (Å²) in [5.74, 6) is -0.649. The Balaban J connectivity index is 1.48. The number of piperazine rings is 1. The number of alkyl halides is 3. The highest BCUT2D eigenvalue weighted by Gasteiger charge is 2.30. The molecule has 0 aromatic heterocycles. The topological polar surface area (TPSA) is 78.7 Å². The van der Waals surface area contributed by atoms with Crippen molar-refractivity contribution in [3.63, 3.8) is 0 Å². The molecule has 1 aliphatic heterocycles. The van der Waals surface area contributed by atoms with Gasteiger partial charge in [0.25, 0.3) is 11.6 Å². The Morgan fingerprint density at radius 3 is 2.11 bits per heavy atom. The summed E-state index contributed by atoms with van der Waals surface area (Å²) in [7, 11) is 0. The first-order valence-corrected chi connectivity index (χ1v) is 11.4. The lowest BCUT2D eigenvalue weighted by atomic mass is 10.1. The minimum absolute atomic E-state index is 0.0411. The van der Waals surface area contributed by atoms with Gasteiger partial charge in [0.1, 0.15) is 5.69 Å². The lowest BCUT2D eigenvalue weighted by Gasteiger charge is -2.38. The number of carbonyl (C=O) groups is 1. The third-order valence-electron chi connectivity index (χ3n) is 6.44. The van der Waals surface area contributed by atoms with Crippen LogP contribution in [0.5, 0.6) is 0 Å². The number of anilines is 3. The van der Waals surface area contributed by atoms with Gasteiger partial charge in [-0.3, -0.25) is 14.9 Å². The molecule has 1 fully saturated rings. The Kier molecular flexibility index (Phi) is 6.87. The van der Waals surface area contributed by atoms with E-state index in [1.165, 1.54) is 23.3 Å². The first kappa shape index (κ1) is 25.0. The quantitative estimate of drug-likeness (QED) is 0.355. The number of nitrogens with one attached hydrogen (secondary N) is 1.